The van der Waals surface area contributed by atoms with Crippen molar-refractivity contribution in [2.75, 3.05) is 6.54 Å². The van der Waals surface area contributed by atoms with E-state index < -0.39 is 0 Å². The Morgan fingerprint density at radius 2 is 2.29 bits per heavy atom. The summed E-state index contributed by atoms with van der Waals surface area (Å²) in [7, 11) is 0. The normalized spacial score (nSPS) is 13.1. The number of nitrogens with one attached hydrogen (secondary N) is 1. The van der Waals surface area contributed by atoms with Crippen LogP contribution >= 0.6 is 0 Å². The second kappa shape index (κ2) is 6.36. The van der Waals surface area contributed by atoms with Crippen LogP contribution in [0.15, 0.2) is 24.5 Å². The van der Waals surface area contributed by atoms with Crippen molar-refractivity contribution < 1.29 is 0 Å². The van der Waals surface area contributed by atoms with E-state index in [1.165, 1.54) is 5.56 Å². The molecule has 0 aliphatic rings. The smallest absolute Gasteiger partial charge is 0.0621 e. The molecule has 0 radical (unpaired) electrons. The summed E-state index contributed by atoms with van der Waals surface area (Å²) in [5.41, 5.74) is 1.36. The highest BCUT2D eigenvalue weighted by atomic mass is 14.9. The molecule has 1 atom stereocenters. The molecule has 1 rings (SSSR count). The SMILES string of the molecule is C[C@@H](NCC(C)(C)CCC#N)c1cccnc1. The molecule has 0 aliphatic carbocycles. The average Bonchev–Trinajstić information content (AvgIpc) is 2.35. The van der Waals surface area contributed by atoms with E-state index in [9.17, 15) is 0 Å². The van der Waals surface area contributed by atoms with Gasteiger partial charge in [-0.25, -0.2) is 0 Å². The maximum atomic E-state index is 8.61. The lowest BCUT2D eigenvalue weighted by molar-refractivity contribution is 0.304. The molecule has 92 valence electrons. The quantitative estimate of drug-likeness (QED) is 0.818. The van der Waals surface area contributed by atoms with Gasteiger partial charge in [0.15, 0.2) is 0 Å². The number of aromatic nitrogens is 1. The van der Waals surface area contributed by atoms with Crippen molar-refractivity contribution in [3.63, 3.8) is 0 Å². The number of nitriles is 1. The summed E-state index contributed by atoms with van der Waals surface area (Å²) in [5.74, 6) is 0. The van der Waals surface area contributed by atoms with E-state index in [2.05, 4.69) is 43.2 Å². The molecule has 17 heavy (non-hydrogen) atoms. The standard InChI is InChI=1S/C14H21N3/c1-12(13-6-4-9-16-10-13)17-11-14(2,3)7-5-8-15/h4,6,9-10,12,17H,5,7,11H2,1-3H3/t12-/m1/s1. The van der Waals surface area contributed by atoms with Crippen molar-refractivity contribution >= 4 is 0 Å². The lowest BCUT2D eigenvalue weighted by Crippen LogP contribution is -2.31. The zero-order valence-corrected chi connectivity index (χ0v) is 10.9. The Labute approximate surface area is 104 Å². The first-order valence-corrected chi connectivity index (χ1v) is 6.05. The second-order valence-corrected chi connectivity index (χ2v) is 5.21. The highest BCUT2D eigenvalue weighted by molar-refractivity contribution is 5.12. The van der Waals surface area contributed by atoms with E-state index in [1.54, 1.807) is 6.20 Å². The van der Waals surface area contributed by atoms with E-state index in [0.29, 0.717) is 12.5 Å². The third-order valence-corrected chi connectivity index (χ3v) is 2.98. The summed E-state index contributed by atoms with van der Waals surface area (Å²) >= 11 is 0. The maximum Gasteiger partial charge on any atom is 0.0621 e. The zero-order valence-electron chi connectivity index (χ0n) is 10.9. The lowest BCUT2D eigenvalue weighted by Gasteiger charge is -2.26. The Morgan fingerprint density at radius 1 is 1.53 bits per heavy atom. The third-order valence-electron chi connectivity index (χ3n) is 2.98. The Morgan fingerprint density at radius 3 is 2.88 bits per heavy atom. The number of nitrogens with zero attached hydrogens (tertiary/aromatic N) is 2. The Bertz CT molecular complexity index is 365. The fraction of sp³-hybridized carbons (Fsp3) is 0.571. The second-order valence-electron chi connectivity index (χ2n) is 5.21. The van der Waals surface area contributed by atoms with Gasteiger partial charge in [0.05, 0.1) is 6.07 Å². The maximum absolute atomic E-state index is 8.61. The van der Waals surface area contributed by atoms with Crippen LogP contribution in [0.25, 0.3) is 0 Å². The van der Waals surface area contributed by atoms with Gasteiger partial charge in [-0.3, -0.25) is 4.98 Å². The lowest BCUT2D eigenvalue weighted by atomic mass is 9.87. The van der Waals surface area contributed by atoms with E-state index in [-0.39, 0.29) is 5.41 Å². The topological polar surface area (TPSA) is 48.7 Å². The van der Waals surface area contributed by atoms with Crippen molar-refractivity contribution in [1.82, 2.24) is 10.3 Å². The minimum atomic E-state index is 0.159. The van der Waals surface area contributed by atoms with Gasteiger partial charge in [0.2, 0.25) is 0 Å². The molecule has 3 nitrogen and oxygen atoms in total. The third kappa shape index (κ3) is 4.97. The van der Waals surface area contributed by atoms with Crippen molar-refractivity contribution in [3.8, 4) is 6.07 Å². The minimum Gasteiger partial charge on any atom is -0.310 e. The zero-order chi connectivity index (χ0) is 12.7. The van der Waals surface area contributed by atoms with Gasteiger partial charge < -0.3 is 5.32 Å². The predicted octanol–water partition coefficient (Wildman–Crippen LogP) is 3.06. The van der Waals surface area contributed by atoms with Gasteiger partial charge in [0.1, 0.15) is 0 Å². The van der Waals surface area contributed by atoms with Crippen LogP contribution in [0.1, 0.15) is 45.2 Å². The molecule has 0 saturated heterocycles. The Kier molecular flexibility index (Phi) is 5.11. The molecule has 0 saturated carbocycles. The van der Waals surface area contributed by atoms with E-state index >= 15 is 0 Å². The molecular weight excluding hydrogens is 210 g/mol. The Hall–Kier alpha value is -1.40. The molecule has 1 aromatic heterocycles. The summed E-state index contributed by atoms with van der Waals surface area (Å²) in [6, 6.07) is 6.53. The van der Waals surface area contributed by atoms with Crippen LogP contribution in [0.5, 0.6) is 0 Å². The van der Waals surface area contributed by atoms with Gasteiger partial charge in [-0.15, -0.1) is 0 Å². The van der Waals surface area contributed by atoms with Crippen molar-refractivity contribution in [2.45, 2.75) is 39.7 Å². The van der Waals surface area contributed by atoms with E-state index in [4.69, 9.17) is 5.26 Å². The van der Waals surface area contributed by atoms with E-state index in [0.717, 1.165) is 13.0 Å². The molecule has 1 N–H and O–H groups in total. The highest BCUT2D eigenvalue weighted by Gasteiger charge is 2.18. The molecule has 0 amide bonds. The average molecular weight is 231 g/mol. The first-order valence-electron chi connectivity index (χ1n) is 6.05. The molecule has 0 spiro atoms. The van der Waals surface area contributed by atoms with Crippen LogP contribution in [0.4, 0.5) is 0 Å². The Balaban J connectivity index is 2.43. The molecular formula is C14H21N3. The molecule has 1 heterocycles. The van der Waals surface area contributed by atoms with Crippen LogP contribution in [0.3, 0.4) is 0 Å². The molecule has 0 unspecified atom stereocenters. The van der Waals surface area contributed by atoms with Gasteiger partial charge in [-0.05, 0) is 30.4 Å². The summed E-state index contributed by atoms with van der Waals surface area (Å²) in [5, 5.41) is 12.1. The van der Waals surface area contributed by atoms with Gasteiger partial charge in [0, 0.05) is 31.4 Å². The van der Waals surface area contributed by atoms with E-state index in [1.807, 2.05) is 12.3 Å². The summed E-state index contributed by atoms with van der Waals surface area (Å²) in [6.07, 6.45) is 5.22. The molecule has 3 heteroatoms. The van der Waals surface area contributed by atoms with Crippen molar-refractivity contribution in [3.05, 3.63) is 30.1 Å². The molecule has 0 aliphatic heterocycles. The largest absolute Gasteiger partial charge is 0.310 e. The summed E-state index contributed by atoms with van der Waals surface area (Å²) in [6.45, 7) is 7.42. The first kappa shape index (κ1) is 13.7. The first-order chi connectivity index (χ1) is 8.05. The van der Waals surface area contributed by atoms with Gasteiger partial charge in [-0.1, -0.05) is 19.9 Å². The fourth-order valence-electron chi connectivity index (χ4n) is 1.66. The molecule has 0 bridgehead atoms. The number of rotatable bonds is 6. The van der Waals surface area contributed by atoms with Crippen LogP contribution < -0.4 is 5.32 Å². The predicted molar refractivity (Wildman–Crippen MR) is 69.3 cm³/mol. The molecule has 1 aromatic rings. The van der Waals surface area contributed by atoms with Crippen LogP contribution in [0.2, 0.25) is 0 Å². The van der Waals surface area contributed by atoms with Gasteiger partial charge in [0.25, 0.3) is 0 Å². The highest BCUT2D eigenvalue weighted by Crippen LogP contribution is 2.22. The molecule has 0 aromatic carbocycles. The van der Waals surface area contributed by atoms with Gasteiger partial charge >= 0.3 is 0 Å². The van der Waals surface area contributed by atoms with Crippen molar-refractivity contribution in [2.24, 2.45) is 5.41 Å². The van der Waals surface area contributed by atoms with Crippen molar-refractivity contribution in [1.29, 1.82) is 5.26 Å². The van der Waals surface area contributed by atoms with Crippen LogP contribution in [-0.2, 0) is 0 Å². The van der Waals surface area contributed by atoms with Crippen LogP contribution in [0, 0.1) is 16.7 Å². The number of hydrogen-bond acceptors (Lipinski definition) is 3. The number of hydrogen-bond donors (Lipinski definition) is 1. The monoisotopic (exact) mass is 231 g/mol. The van der Waals surface area contributed by atoms with Crippen LogP contribution in [-0.4, -0.2) is 11.5 Å². The molecule has 0 fully saturated rings. The summed E-state index contributed by atoms with van der Waals surface area (Å²) < 4.78 is 0. The summed E-state index contributed by atoms with van der Waals surface area (Å²) in [4.78, 5) is 4.12. The van der Waals surface area contributed by atoms with Gasteiger partial charge in [-0.2, -0.15) is 5.26 Å². The minimum absolute atomic E-state index is 0.159. The number of pyridine rings is 1. The fourth-order valence-corrected chi connectivity index (χ4v) is 1.66.